The first kappa shape index (κ1) is 26.5. The fourth-order valence-corrected chi connectivity index (χ4v) is 5.55. The molecule has 0 aliphatic heterocycles. The maximum atomic E-state index is 6.39. The molecule has 43 heavy (non-hydrogen) atoms. The molecule has 1 heterocycles. The molecule has 0 aliphatic rings. The molecule has 0 saturated heterocycles. The van der Waals surface area contributed by atoms with Gasteiger partial charge in [-0.3, -0.25) is 0 Å². The Morgan fingerprint density at radius 1 is 0.326 bits per heavy atom. The van der Waals surface area contributed by atoms with E-state index in [2.05, 4.69) is 91.0 Å². The van der Waals surface area contributed by atoms with Gasteiger partial charge >= 0.3 is 0 Å². The van der Waals surface area contributed by atoms with Gasteiger partial charge in [-0.15, -0.1) is 0 Å². The van der Waals surface area contributed by atoms with Gasteiger partial charge < -0.3 is 0 Å². The highest BCUT2D eigenvalue weighted by atomic mass is 35.5. The van der Waals surface area contributed by atoms with Crippen LogP contribution in [-0.2, 0) is 0 Å². The van der Waals surface area contributed by atoms with Crippen LogP contribution in [0.3, 0.4) is 0 Å². The van der Waals surface area contributed by atoms with Gasteiger partial charge in [0.05, 0.1) is 0 Å². The van der Waals surface area contributed by atoms with Gasteiger partial charge in [0.15, 0.2) is 17.5 Å². The standard InChI is InChI=1S/C39H26ClN3/c40-33-23-13-22-31(24-33)38-41-37(30-20-11-4-12-21-30)42-39(43-38)32-25-34(27-14-5-1-6-15-27)36(29-18-9-3-10-19-29)35(26-32)28-16-7-2-8-17-28/h1-26H. The lowest BCUT2D eigenvalue weighted by Gasteiger charge is -2.19. The minimum absolute atomic E-state index is 0.570. The zero-order valence-electron chi connectivity index (χ0n) is 23.2. The summed E-state index contributed by atoms with van der Waals surface area (Å²) in [6.07, 6.45) is 0. The molecule has 0 aliphatic carbocycles. The number of hydrogen-bond donors (Lipinski definition) is 0. The van der Waals surface area contributed by atoms with Crippen LogP contribution in [0.4, 0.5) is 0 Å². The van der Waals surface area contributed by atoms with Crippen LogP contribution >= 0.6 is 11.6 Å². The first-order valence-electron chi connectivity index (χ1n) is 14.1. The van der Waals surface area contributed by atoms with Crippen LogP contribution < -0.4 is 0 Å². The highest BCUT2D eigenvalue weighted by Crippen LogP contribution is 2.43. The van der Waals surface area contributed by atoms with Crippen molar-refractivity contribution in [1.82, 2.24) is 15.0 Å². The number of benzene rings is 6. The van der Waals surface area contributed by atoms with Crippen LogP contribution in [0.25, 0.3) is 67.5 Å². The van der Waals surface area contributed by atoms with Crippen molar-refractivity contribution in [1.29, 1.82) is 0 Å². The fraction of sp³-hybridized carbons (Fsp3) is 0. The molecular formula is C39H26ClN3. The second-order valence-electron chi connectivity index (χ2n) is 10.2. The maximum absolute atomic E-state index is 6.39. The van der Waals surface area contributed by atoms with Crippen molar-refractivity contribution in [2.45, 2.75) is 0 Å². The largest absolute Gasteiger partial charge is 0.208 e. The molecule has 7 rings (SSSR count). The Labute approximate surface area is 256 Å². The molecule has 0 saturated carbocycles. The number of nitrogens with zero attached hydrogens (tertiary/aromatic N) is 3. The van der Waals surface area contributed by atoms with Crippen molar-refractivity contribution in [3.05, 3.63) is 163 Å². The lowest BCUT2D eigenvalue weighted by molar-refractivity contribution is 1.07. The summed E-state index contributed by atoms with van der Waals surface area (Å²) < 4.78 is 0. The van der Waals surface area contributed by atoms with Crippen LogP contribution in [0, 0.1) is 0 Å². The van der Waals surface area contributed by atoms with E-state index in [1.807, 2.05) is 66.7 Å². The predicted octanol–water partition coefficient (Wildman–Crippen LogP) is 10.5. The molecule has 0 fully saturated rings. The lowest BCUT2D eigenvalue weighted by Crippen LogP contribution is -2.01. The predicted molar refractivity (Wildman–Crippen MR) is 177 cm³/mol. The number of rotatable bonds is 6. The van der Waals surface area contributed by atoms with E-state index in [1.165, 1.54) is 0 Å². The van der Waals surface area contributed by atoms with Crippen LogP contribution in [0.5, 0.6) is 0 Å². The summed E-state index contributed by atoms with van der Waals surface area (Å²) in [4.78, 5) is 15.0. The molecule has 204 valence electrons. The van der Waals surface area contributed by atoms with Gasteiger partial charge in [0.1, 0.15) is 0 Å². The van der Waals surface area contributed by atoms with Crippen molar-refractivity contribution < 1.29 is 0 Å². The van der Waals surface area contributed by atoms with Gasteiger partial charge in [0, 0.05) is 21.7 Å². The number of aromatic nitrogens is 3. The summed E-state index contributed by atoms with van der Waals surface area (Å²) in [7, 11) is 0. The Hall–Kier alpha value is -5.38. The highest BCUT2D eigenvalue weighted by molar-refractivity contribution is 6.30. The fourth-order valence-electron chi connectivity index (χ4n) is 5.36. The molecule has 0 spiro atoms. The van der Waals surface area contributed by atoms with E-state index in [0.717, 1.165) is 50.1 Å². The Balaban J connectivity index is 1.54. The zero-order chi connectivity index (χ0) is 29.0. The Bertz CT molecular complexity index is 1950. The normalized spacial score (nSPS) is 10.9. The van der Waals surface area contributed by atoms with Crippen molar-refractivity contribution in [3.63, 3.8) is 0 Å². The van der Waals surface area contributed by atoms with E-state index in [4.69, 9.17) is 26.6 Å². The van der Waals surface area contributed by atoms with Crippen molar-refractivity contribution in [2.24, 2.45) is 0 Å². The number of halogens is 1. The average Bonchev–Trinajstić information content (AvgIpc) is 3.09. The van der Waals surface area contributed by atoms with Gasteiger partial charge in [-0.1, -0.05) is 145 Å². The highest BCUT2D eigenvalue weighted by Gasteiger charge is 2.19. The molecule has 0 radical (unpaired) electrons. The van der Waals surface area contributed by atoms with Gasteiger partial charge in [0.25, 0.3) is 0 Å². The van der Waals surface area contributed by atoms with E-state index in [1.54, 1.807) is 0 Å². The SMILES string of the molecule is Clc1cccc(-c2nc(-c3ccccc3)nc(-c3cc(-c4ccccc4)c(-c4ccccc4)c(-c4ccccc4)c3)n2)c1. The smallest absolute Gasteiger partial charge is 0.164 e. The zero-order valence-corrected chi connectivity index (χ0v) is 24.0. The molecule has 6 aromatic carbocycles. The third-order valence-electron chi connectivity index (χ3n) is 7.38. The topological polar surface area (TPSA) is 38.7 Å². The molecule has 7 aromatic rings. The Kier molecular flexibility index (Phi) is 7.31. The van der Waals surface area contributed by atoms with Gasteiger partial charge in [-0.25, -0.2) is 15.0 Å². The quantitative estimate of drug-likeness (QED) is 0.199. The van der Waals surface area contributed by atoms with Crippen LogP contribution in [0.1, 0.15) is 0 Å². The van der Waals surface area contributed by atoms with Crippen LogP contribution in [-0.4, -0.2) is 15.0 Å². The van der Waals surface area contributed by atoms with E-state index in [9.17, 15) is 0 Å². The van der Waals surface area contributed by atoms with Gasteiger partial charge in [-0.05, 0) is 57.6 Å². The molecule has 0 N–H and O–H groups in total. The first-order valence-corrected chi connectivity index (χ1v) is 14.5. The molecule has 0 unspecified atom stereocenters. The average molecular weight is 572 g/mol. The third kappa shape index (κ3) is 5.59. The second-order valence-corrected chi connectivity index (χ2v) is 10.7. The summed E-state index contributed by atoms with van der Waals surface area (Å²) in [5, 5.41) is 0.630. The third-order valence-corrected chi connectivity index (χ3v) is 7.61. The number of hydrogen-bond acceptors (Lipinski definition) is 3. The summed E-state index contributed by atoms with van der Waals surface area (Å²) in [5.74, 6) is 1.77. The molecule has 3 nitrogen and oxygen atoms in total. The van der Waals surface area contributed by atoms with E-state index in [0.29, 0.717) is 22.5 Å². The molecule has 0 bridgehead atoms. The monoisotopic (exact) mass is 571 g/mol. The molecule has 0 atom stereocenters. The minimum atomic E-state index is 0.570. The van der Waals surface area contributed by atoms with E-state index < -0.39 is 0 Å². The van der Waals surface area contributed by atoms with E-state index in [-0.39, 0.29) is 0 Å². The molecule has 1 aromatic heterocycles. The van der Waals surface area contributed by atoms with Crippen molar-refractivity contribution >= 4 is 11.6 Å². The van der Waals surface area contributed by atoms with E-state index >= 15 is 0 Å². The summed E-state index contributed by atoms with van der Waals surface area (Å²) in [6.45, 7) is 0. The summed E-state index contributed by atoms with van der Waals surface area (Å²) in [6, 6.07) is 53.6. The maximum Gasteiger partial charge on any atom is 0.164 e. The van der Waals surface area contributed by atoms with Crippen molar-refractivity contribution in [3.8, 4) is 67.5 Å². The minimum Gasteiger partial charge on any atom is -0.208 e. The van der Waals surface area contributed by atoms with Gasteiger partial charge in [-0.2, -0.15) is 0 Å². The van der Waals surface area contributed by atoms with Crippen molar-refractivity contribution in [2.75, 3.05) is 0 Å². The van der Waals surface area contributed by atoms with Gasteiger partial charge in [0.2, 0.25) is 0 Å². The Morgan fingerprint density at radius 2 is 0.721 bits per heavy atom. The first-order chi connectivity index (χ1) is 21.2. The van der Waals surface area contributed by atoms with Crippen LogP contribution in [0.15, 0.2) is 158 Å². The summed E-state index contributed by atoms with van der Waals surface area (Å²) in [5.41, 5.74) is 9.41. The summed E-state index contributed by atoms with van der Waals surface area (Å²) >= 11 is 6.39. The Morgan fingerprint density at radius 3 is 1.21 bits per heavy atom. The second kappa shape index (κ2) is 11.8. The molecule has 0 amide bonds. The molecular weight excluding hydrogens is 546 g/mol. The molecule has 4 heteroatoms. The lowest BCUT2D eigenvalue weighted by atomic mass is 9.86. The van der Waals surface area contributed by atoms with Crippen LogP contribution in [0.2, 0.25) is 5.02 Å².